The SMILES string of the molecule is O=C(CN1CCN(c2ccccn2)CC1)N1CCSc2ccccc21. The van der Waals surface area contributed by atoms with Crippen LogP contribution in [-0.2, 0) is 4.79 Å². The second kappa shape index (κ2) is 7.45. The van der Waals surface area contributed by atoms with E-state index in [2.05, 4.69) is 26.9 Å². The smallest absolute Gasteiger partial charge is 0.241 e. The van der Waals surface area contributed by atoms with Gasteiger partial charge in [0.2, 0.25) is 5.91 Å². The van der Waals surface area contributed by atoms with Crippen LogP contribution in [0.5, 0.6) is 0 Å². The average molecular weight is 354 g/mol. The Kier molecular flexibility index (Phi) is 4.90. The van der Waals surface area contributed by atoms with Crippen molar-refractivity contribution in [1.29, 1.82) is 0 Å². The molecule has 3 heterocycles. The molecule has 1 aromatic carbocycles. The molecule has 0 aliphatic carbocycles. The Labute approximate surface area is 152 Å². The van der Waals surface area contributed by atoms with Gasteiger partial charge in [0.25, 0.3) is 0 Å². The molecule has 4 rings (SSSR count). The molecule has 0 radical (unpaired) electrons. The third-order valence-electron chi connectivity index (χ3n) is 4.73. The first-order chi connectivity index (χ1) is 12.3. The molecule has 0 saturated carbocycles. The summed E-state index contributed by atoms with van der Waals surface area (Å²) in [5, 5.41) is 0. The van der Waals surface area contributed by atoms with Crippen molar-refractivity contribution >= 4 is 29.2 Å². The number of carbonyl (C=O) groups is 1. The maximum atomic E-state index is 12.8. The maximum absolute atomic E-state index is 12.8. The van der Waals surface area contributed by atoms with E-state index < -0.39 is 0 Å². The van der Waals surface area contributed by atoms with E-state index >= 15 is 0 Å². The highest BCUT2D eigenvalue weighted by Crippen LogP contribution is 2.34. The fraction of sp³-hybridized carbons (Fsp3) is 0.368. The number of nitrogens with zero attached hydrogens (tertiary/aromatic N) is 4. The Morgan fingerprint density at radius 2 is 1.80 bits per heavy atom. The summed E-state index contributed by atoms with van der Waals surface area (Å²) in [5.74, 6) is 2.20. The van der Waals surface area contributed by atoms with Gasteiger partial charge in [0.05, 0.1) is 12.2 Å². The first-order valence-corrected chi connectivity index (χ1v) is 9.70. The van der Waals surface area contributed by atoms with Crippen LogP contribution < -0.4 is 9.80 Å². The number of piperazine rings is 1. The van der Waals surface area contributed by atoms with Crippen LogP contribution in [0.4, 0.5) is 11.5 Å². The molecule has 1 aromatic heterocycles. The Morgan fingerprint density at radius 1 is 1.00 bits per heavy atom. The molecule has 2 aromatic rings. The van der Waals surface area contributed by atoms with Gasteiger partial charge in [-0.15, -0.1) is 11.8 Å². The number of rotatable bonds is 3. The molecule has 0 atom stereocenters. The molecule has 2 aliphatic rings. The highest BCUT2D eigenvalue weighted by Gasteiger charge is 2.26. The lowest BCUT2D eigenvalue weighted by Crippen LogP contribution is -2.51. The zero-order valence-electron chi connectivity index (χ0n) is 14.2. The lowest BCUT2D eigenvalue weighted by atomic mass is 10.2. The summed E-state index contributed by atoms with van der Waals surface area (Å²) in [6.45, 7) is 4.91. The van der Waals surface area contributed by atoms with Gasteiger partial charge in [-0.25, -0.2) is 4.98 Å². The lowest BCUT2D eigenvalue weighted by Gasteiger charge is -2.36. The molecule has 0 N–H and O–H groups in total. The van der Waals surface area contributed by atoms with E-state index in [1.165, 1.54) is 4.90 Å². The summed E-state index contributed by atoms with van der Waals surface area (Å²) in [4.78, 5) is 25.0. The Hall–Kier alpha value is -2.05. The van der Waals surface area contributed by atoms with Crippen LogP contribution >= 0.6 is 11.8 Å². The third-order valence-corrected chi connectivity index (χ3v) is 5.78. The number of carbonyl (C=O) groups excluding carboxylic acids is 1. The minimum Gasteiger partial charge on any atom is -0.354 e. The molecule has 0 spiro atoms. The van der Waals surface area contributed by atoms with Gasteiger partial charge in [0.15, 0.2) is 0 Å². The average Bonchev–Trinajstić information content (AvgIpc) is 2.69. The number of amides is 1. The minimum absolute atomic E-state index is 0.207. The first-order valence-electron chi connectivity index (χ1n) is 8.72. The first kappa shape index (κ1) is 16.4. The molecule has 25 heavy (non-hydrogen) atoms. The van der Waals surface area contributed by atoms with Crippen molar-refractivity contribution in [3.05, 3.63) is 48.7 Å². The van der Waals surface area contributed by atoms with E-state index in [1.807, 2.05) is 53.2 Å². The van der Waals surface area contributed by atoms with Crippen LogP contribution in [0, 0.1) is 0 Å². The minimum atomic E-state index is 0.207. The number of para-hydroxylation sites is 1. The van der Waals surface area contributed by atoms with Crippen molar-refractivity contribution in [1.82, 2.24) is 9.88 Å². The van der Waals surface area contributed by atoms with Crippen LogP contribution in [0.25, 0.3) is 0 Å². The molecule has 1 amide bonds. The lowest BCUT2D eigenvalue weighted by molar-refractivity contribution is -0.119. The maximum Gasteiger partial charge on any atom is 0.241 e. The highest BCUT2D eigenvalue weighted by molar-refractivity contribution is 7.99. The van der Waals surface area contributed by atoms with Gasteiger partial charge in [-0.05, 0) is 24.3 Å². The van der Waals surface area contributed by atoms with Gasteiger partial charge in [0.1, 0.15) is 5.82 Å². The van der Waals surface area contributed by atoms with Gasteiger partial charge in [0, 0.05) is 49.6 Å². The molecule has 0 bridgehead atoms. The standard InChI is InChI=1S/C19H22N4OS/c24-19(23-13-14-25-17-6-2-1-5-16(17)23)15-21-9-11-22(12-10-21)18-7-3-4-8-20-18/h1-8H,9-15H2. The van der Waals surface area contributed by atoms with E-state index in [0.29, 0.717) is 6.54 Å². The Bertz CT molecular complexity index is 731. The summed E-state index contributed by atoms with van der Waals surface area (Å²) >= 11 is 1.83. The summed E-state index contributed by atoms with van der Waals surface area (Å²) in [6.07, 6.45) is 1.83. The van der Waals surface area contributed by atoms with Crippen molar-refractivity contribution in [2.75, 3.05) is 54.8 Å². The van der Waals surface area contributed by atoms with E-state index in [9.17, 15) is 4.79 Å². The van der Waals surface area contributed by atoms with Crippen molar-refractivity contribution in [2.45, 2.75) is 4.90 Å². The normalized spacial score (nSPS) is 18.1. The van der Waals surface area contributed by atoms with Crippen molar-refractivity contribution in [3.63, 3.8) is 0 Å². The fourth-order valence-corrected chi connectivity index (χ4v) is 4.38. The molecular weight excluding hydrogens is 332 g/mol. The Morgan fingerprint density at radius 3 is 2.60 bits per heavy atom. The van der Waals surface area contributed by atoms with Crippen molar-refractivity contribution in [3.8, 4) is 0 Å². The number of fused-ring (bicyclic) bond motifs is 1. The second-order valence-electron chi connectivity index (χ2n) is 6.31. The predicted molar refractivity (Wildman–Crippen MR) is 102 cm³/mol. The summed E-state index contributed by atoms with van der Waals surface area (Å²) < 4.78 is 0. The zero-order chi connectivity index (χ0) is 17.1. The van der Waals surface area contributed by atoms with Gasteiger partial charge >= 0.3 is 0 Å². The van der Waals surface area contributed by atoms with Crippen LogP contribution in [0.15, 0.2) is 53.6 Å². The number of aromatic nitrogens is 1. The van der Waals surface area contributed by atoms with Gasteiger partial charge in [-0.3, -0.25) is 9.69 Å². The van der Waals surface area contributed by atoms with E-state index in [-0.39, 0.29) is 5.91 Å². The van der Waals surface area contributed by atoms with Gasteiger partial charge < -0.3 is 9.80 Å². The summed E-state index contributed by atoms with van der Waals surface area (Å²) in [7, 11) is 0. The molecule has 0 unspecified atom stereocenters. The van der Waals surface area contributed by atoms with E-state index in [4.69, 9.17) is 0 Å². The van der Waals surface area contributed by atoms with Crippen LogP contribution in [-0.4, -0.2) is 60.8 Å². The number of thioether (sulfide) groups is 1. The van der Waals surface area contributed by atoms with Crippen LogP contribution in [0.3, 0.4) is 0 Å². The van der Waals surface area contributed by atoms with E-state index in [0.717, 1.165) is 50.0 Å². The van der Waals surface area contributed by atoms with Crippen molar-refractivity contribution < 1.29 is 4.79 Å². The number of hydrogen-bond acceptors (Lipinski definition) is 5. The number of pyridine rings is 1. The van der Waals surface area contributed by atoms with Crippen molar-refractivity contribution in [2.24, 2.45) is 0 Å². The molecule has 2 aliphatic heterocycles. The molecule has 1 fully saturated rings. The predicted octanol–water partition coefficient (Wildman–Crippen LogP) is 2.34. The zero-order valence-corrected chi connectivity index (χ0v) is 15.0. The van der Waals surface area contributed by atoms with Crippen LogP contribution in [0.1, 0.15) is 0 Å². The number of anilines is 2. The monoisotopic (exact) mass is 354 g/mol. The Balaban J connectivity index is 1.35. The summed E-state index contributed by atoms with van der Waals surface area (Å²) in [5.41, 5.74) is 1.07. The topological polar surface area (TPSA) is 39.7 Å². The quantitative estimate of drug-likeness (QED) is 0.846. The molecule has 130 valence electrons. The molecule has 5 nitrogen and oxygen atoms in total. The van der Waals surface area contributed by atoms with Crippen LogP contribution in [0.2, 0.25) is 0 Å². The summed E-state index contributed by atoms with van der Waals surface area (Å²) in [6, 6.07) is 14.2. The van der Waals surface area contributed by atoms with E-state index in [1.54, 1.807) is 0 Å². The molecule has 6 heteroatoms. The number of hydrogen-bond donors (Lipinski definition) is 0. The number of benzene rings is 1. The molecular formula is C19H22N4OS. The highest BCUT2D eigenvalue weighted by atomic mass is 32.2. The third kappa shape index (κ3) is 3.65. The molecule has 1 saturated heterocycles. The fourth-order valence-electron chi connectivity index (χ4n) is 3.38. The largest absolute Gasteiger partial charge is 0.354 e. The van der Waals surface area contributed by atoms with Gasteiger partial charge in [-0.1, -0.05) is 18.2 Å². The second-order valence-corrected chi connectivity index (χ2v) is 7.45. The van der Waals surface area contributed by atoms with Gasteiger partial charge in [-0.2, -0.15) is 0 Å².